The lowest BCUT2D eigenvalue weighted by molar-refractivity contribution is 0.122. The molecule has 2 aliphatic rings. The second kappa shape index (κ2) is 9.61. The van der Waals surface area contributed by atoms with Crippen LogP contribution < -0.4 is 19.7 Å². The van der Waals surface area contributed by atoms with Crippen molar-refractivity contribution < 1.29 is 14.2 Å². The minimum absolute atomic E-state index is 0.184. The van der Waals surface area contributed by atoms with Gasteiger partial charge in [-0.2, -0.15) is 0 Å². The second-order valence-corrected chi connectivity index (χ2v) is 8.44. The molecule has 168 valence electrons. The molecule has 1 saturated heterocycles. The molecular weight excluding hydrogens is 404 g/mol. The third kappa shape index (κ3) is 4.72. The summed E-state index contributed by atoms with van der Waals surface area (Å²) in [4.78, 5) is 11.4. The van der Waals surface area contributed by atoms with Gasteiger partial charge in [-0.3, -0.25) is 4.98 Å². The minimum atomic E-state index is 0.184. The molecule has 7 nitrogen and oxygen atoms in total. The van der Waals surface area contributed by atoms with E-state index in [9.17, 15) is 0 Å². The molecule has 1 N–H and O–H groups in total. The maximum atomic E-state index is 6.53. The summed E-state index contributed by atoms with van der Waals surface area (Å²) in [6.07, 6.45) is 7.80. The Morgan fingerprint density at radius 1 is 1.00 bits per heavy atom. The zero-order valence-corrected chi connectivity index (χ0v) is 18.5. The number of morpholine rings is 1. The zero-order chi connectivity index (χ0) is 21.8. The summed E-state index contributed by atoms with van der Waals surface area (Å²) in [6, 6.07) is 12.8. The Morgan fingerprint density at radius 2 is 1.81 bits per heavy atom. The van der Waals surface area contributed by atoms with E-state index >= 15 is 0 Å². The van der Waals surface area contributed by atoms with Gasteiger partial charge in [-0.15, -0.1) is 0 Å². The Labute approximate surface area is 188 Å². The molecule has 1 aliphatic heterocycles. The van der Waals surface area contributed by atoms with E-state index in [0.29, 0.717) is 6.04 Å². The summed E-state index contributed by atoms with van der Waals surface area (Å²) in [5.74, 6) is 1.71. The molecule has 5 rings (SSSR count). The Kier molecular flexibility index (Phi) is 6.25. The van der Waals surface area contributed by atoms with Crippen LogP contribution in [-0.4, -0.2) is 55.5 Å². The molecule has 2 fully saturated rings. The molecule has 2 aromatic carbocycles. The van der Waals surface area contributed by atoms with E-state index in [4.69, 9.17) is 14.2 Å². The number of methoxy groups -OCH3 is 1. The number of rotatable bonds is 6. The standard InChI is InChI=1S/C25H30N4O3/c1-30-22-4-2-3-19(15-22)28-18-5-7-21(8-6-18)32-24-17-20(29-11-13-31-14-12-29)16-23-25(24)27-10-9-26-23/h2-4,9-10,15-18,21,28H,5-8,11-14H2,1H3. The van der Waals surface area contributed by atoms with Crippen LogP contribution >= 0.6 is 0 Å². The van der Waals surface area contributed by atoms with E-state index in [1.54, 1.807) is 19.5 Å². The molecule has 1 saturated carbocycles. The van der Waals surface area contributed by atoms with E-state index in [2.05, 4.69) is 38.4 Å². The third-order valence-corrected chi connectivity index (χ3v) is 6.31. The van der Waals surface area contributed by atoms with E-state index in [1.165, 1.54) is 0 Å². The summed E-state index contributed by atoms with van der Waals surface area (Å²) in [5, 5.41) is 3.65. The van der Waals surface area contributed by atoms with Crippen molar-refractivity contribution in [2.45, 2.75) is 37.8 Å². The quantitative estimate of drug-likeness (QED) is 0.621. The fraction of sp³-hybridized carbons (Fsp3) is 0.440. The van der Waals surface area contributed by atoms with Crippen molar-refractivity contribution in [2.75, 3.05) is 43.6 Å². The van der Waals surface area contributed by atoms with Gasteiger partial charge in [-0.05, 0) is 43.9 Å². The van der Waals surface area contributed by atoms with E-state index < -0.39 is 0 Å². The van der Waals surface area contributed by atoms with Gasteiger partial charge in [-0.1, -0.05) is 6.07 Å². The average Bonchev–Trinajstić information content (AvgIpc) is 2.86. The van der Waals surface area contributed by atoms with Gasteiger partial charge in [0.2, 0.25) is 0 Å². The van der Waals surface area contributed by atoms with Gasteiger partial charge in [0.05, 0.1) is 31.9 Å². The van der Waals surface area contributed by atoms with Gasteiger partial charge in [0.25, 0.3) is 0 Å². The number of hydrogen-bond acceptors (Lipinski definition) is 7. The largest absolute Gasteiger partial charge is 0.497 e. The van der Waals surface area contributed by atoms with Crippen molar-refractivity contribution in [1.82, 2.24) is 9.97 Å². The first kappa shape index (κ1) is 20.8. The Bertz CT molecular complexity index is 1050. The highest BCUT2D eigenvalue weighted by molar-refractivity contribution is 5.85. The number of nitrogens with one attached hydrogen (secondary N) is 1. The summed E-state index contributed by atoms with van der Waals surface area (Å²) < 4.78 is 17.4. The fourth-order valence-electron chi connectivity index (χ4n) is 4.58. The molecule has 2 heterocycles. The first-order valence-corrected chi connectivity index (χ1v) is 11.4. The van der Waals surface area contributed by atoms with Crippen molar-refractivity contribution in [3.8, 4) is 11.5 Å². The Hall–Kier alpha value is -3.06. The first-order valence-electron chi connectivity index (χ1n) is 11.4. The molecule has 3 aromatic rings. The number of nitrogens with zero attached hydrogens (tertiary/aromatic N) is 3. The molecule has 1 aromatic heterocycles. The van der Waals surface area contributed by atoms with Crippen molar-refractivity contribution in [3.63, 3.8) is 0 Å². The lowest BCUT2D eigenvalue weighted by Gasteiger charge is -2.32. The predicted octanol–water partition coefficient (Wildman–Crippen LogP) is 4.28. The maximum absolute atomic E-state index is 6.53. The average molecular weight is 435 g/mol. The SMILES string of the molecule is COc1cccc(NC2CCC(Oc3cc(N4CCOCC4)cc4nccnc34)CC2)c1. The third-order valence-electron chi connectivity index (χ3n) is 6.31. The molecule has 7 heteroatoms. The molecule has 32 heavy (non-hydrogen) atoms. The maximum Gasteiger partial charge on any atom is 0.149 e. The topological polar surface area (TPSA) is 68.7 Å². The highest BCUT2D eigenvalue weighted by Gasteiger charge is 2.24. The Balaban J connectivity index is 1.26. The second-order valence-electron chi connectivity index (χ2n) is 8.44. The summed E-state index contributed by atoms with van der Waals surface area (Å²) in [7, 11) is 1.70. The number of anilines is 2. The van der Waals surface area contributed by atoms with Gasteiger partial charge >= 0.3 is 0 Å². The van der Waals surface area contributed by atoms with Crippen LogP contribution in [0.15, 0.2) is 48.8 Å². The van der Waals surface area contributed by atoms with Crippen molar-refractivity contribution in [1.29, 1.82) is 0 Å². The van der Waals surface area contributed by atoms with Crippen LogP contribution in [0, 0.1) is 0 Å². The minimum Gasteiger partial charge on any atom is -0.497 e. The zero-order valence-electron chi connectivity index (χ0n) is 18.5. The van der Waals surface area contributed by atoms with Crippen LogP contribution in [0.3, 0.4) is 0 Å². The van der Waals surface area contributed by atoms with Gasteiger partial charge in [-0.25, -0.2) is 4.98 Å². The van der Waals surface area contributed by atoms with E-state index in [1.807, 2.05) is 18.2 Å². The molecular formula is C25H30N4O3. The van der Waals surface area contributed by atoms with Crippen molar-refractivity contribution in [2.24, 2.45) is 0 Å². The van der Waals surface area contributed by atoms with Crippen molar-refractivity contribution in [3.05, 3.63) is 48.8 Å². The van der Waals surface area contributed by atoms with Crippen LogP contribution in [0.4, 0.5) is 11.4 Å². The summed E-state index contributed by atoms with van der Waals surface area (Å²) in [6.45, 7) is 3.26. The normalized spacial score (nSPS) is 21.3. The van der Waals surface area contributed by atoms with Crippen LogP contribution in [0.25, 0.3) is 11.0 Å². The molecule has 0 atom stereocenters. The molecule has 0 amide bonds. The number of benzene rings is 2. The van der Waals surface area contributed by atoms with Gasteiger partial charge in [0, 0.05) is 55.0 Å². The highest BCUT2D eigenvalue weighted by Crippen LogP contribution is 2.33. The Morgan fingerprint density at radius 3 is 2.62 bits per heavy atom. The number of aromatic nitrogens is 2. The predicted molar refractivity (Wildman–Crippen MR) is 126 cm³/mol. The van der Waals surface area contributed by atoms with E-state index in [0.717, 1.165) is 85.9 Å². The van der Waals surface area contributed by atoms with Crippen LogP contribution in [-0.2, 0) is 4.74 Å². The molecule has 1 aliphatic carbocycles. The summed E-state index contributed by atoms with van der Waals surface area (Å²) in [5.41, 5.74) is 3.94. The number of hydrogen-bond donors (Lipinski definition) is 1. The summed E-state index contributed by atoms with van der Waals surface area (Å²) >= 11 is 0. The van der Waals surface area contributed by atoms with Gasteiger partial charge in [0.1, 0.15) is 17.0 Å². The van der Waals surface area contributed by atoms with E-state index in [-0.39, 0.29) is 6.10 Å². The number of ether oxygens (including phenoxy) is 3. The monoisotopic (exact) mass is 434 g/mol. The molecule has 0 unspecified atom stereocenters. The molecule has 0 spiro atoms. The smallest absolute Gasteiger partial charge is 0.149 e. The highest BCUT2D eigenvalue weighted by atomic mass is 16.5. The van der Waals surface area contributed by atoms with Gasteiger partial charge in [0.15, 0.2) is 0 Å². The molecule has 0 radical (unpaired) electrons. The first-order chi connectivity index (χ1) is 15.8. The van der Waals surface area contributed by atoms with Gasteiger partial charge < -0.3 is 24.4 Å². The fourth-order valence-corrected chi connectivity index (χ4v) is 4.58. The number of fused-ring (bicyclic) bond motifs is 1. The van der Waals surface area contributed by atoms with Crippen LogP contribution in [0.5, 0.6) is 11.5 Å². The van der Waals surface area contributed by atoms with Crippen LogP contribution in [0.2, 0.25) is 0 Å². The lowest BCUT2D eigenvalue weighted by atomic mass is 9.92. The lowest BCUT2D eigenvalue weighted by Crippen LogP contribution is -2.36. The molecule has 0 bridgehead atoms. The van der Waals surface area contributed by atoms with Crippen LogP contribution in [0.1, 0.15) is 25.7 Å². The van der Waals surface area contributed by atoms with Crippen molar-refractivity contribution >= 4 is 22.4 Å².